The number of amides is 1. The smallest absolute Gasteiger partial charge is 0.234 e. The van der Waals surface area contributed by atoms with Crippen molar-refractivity contribution >= 4 is 21.8 Å². The molecule has 112 valence electrons. The van der Waals surface area contributed by atoms with Gasteiger partial charge >= 0.3 is 0 Å². The summed E-state index contributed by atoms with van der Waals surface area (Å²) in [5.41, 5.74) is 0.857. The number of aliphatic hydroxyl groups is 1. The van der Waals surface area contributed by atoms with Crippen molar-refractivity contribution in [2.24, 2.45) is 0 Å². The van der Waals surface area contributed by atoms with Crippen molar-refractivity contribution in [2.75, 3.05) is 19.6 Å². The molecule has 0 fully saturated rings. The van der Waals surface area contributed by atoms with Crippen LogP contribution in [-0.4, -0.2) is 41.6 Å². The van der Waals surface area contributed by atoms with Crippen molar-refractivity contribution in [1.82, 2.24) is 10.2 Å². The van der Waals surface area contributed by atoms with Gasteiger partial charge in [-0.05, 0) is 38.1 Å². The lowest BCUT2D eigenvalue weighted by Crippen LogP contribution is -2.41. The van der Waals surface area contributed by atoms with E-state index in [1.165, 1.54) is 0 Å². The van der Waals surface area contributed by atoms with Crippen molar-refractivity contribution in [3.63, 3.8) is 0 Å². The van der Waals surface area contributed by atoms with Crippen molar-refractivity contribution in [2.45, 2.75) is 32.9 Å². The van der Waals surface area contributed by atoms with E-state index in [0.29, 0.717) is 13.1 Å². The van der Waals surface area contributed by atoms with Crippen molar-refractivity contribution in [3.8, 4) is 0 Å². The van der Waals surface area contributed by atoms with Gasteiger partial charge in [-0.1, -0.05) is 35.0 Å². The summed E-state index contributed by atoms with van der Waals surface area (Å²) in [6, 6.07) is 7.71. The van der Waals surface area contributed by atoms with E-state index in [1.54, 1.807) is 0 Å². The number of carbonyl (C=O) groups excluding carboxylic acids is 1. The largest absolute Gasteiger partial charge is 0.387 e. The Labute approximate surface area is 129 Å². The van der Waals surface area contributed by atoms with E-state index < -0.39 is 6.10 Å². The fourth-order valence-corrected chi connectivity index (χ4v) is 2.18. The Balaban J connectivity index is 2.54. The Morgan fingerprint density at radius 1 is 1.35 bits per heavy atom. The van der Waals surface area contributed by atoms with Crippen LogP contribution in [0.4, 0.5) is 0 Å². The molecule has 1 aromatic carbocycles. The van der Waals surface area contributed by atoms with Gasteiger partial charge in [-0.3, -0.25) is 9.69 Å². The maximum atomic E-state index is 11.7. The van der Waals surface area contributed by atoms with Gasteiger partial charge in [-0.2, -0.15) is 0 Å². The van der Waals surface area contributed by atoms with E-state index in [1.807, 2.05) is 49.9 Å². The van der Waals surface area contributed by atoms with E-state index in [0.717, 1.165) is 16.6 Å². The summed E-state index contributed by atoms with van der Waals surface area (Å²) in [7, 11) is 0. The van der Waals surface area contributed by atoms with Gasteiger partial charge in [0.1, 0.15) is 0 Å². The zero-order valence-electron chi connectivity index (χ0n) is 12.3. The molecule has 20 heavy (non-hydrogen) atoms. The Morgan fingerprint density at radius 3 is 2.45 bits per heavy atom. The summed E-state index contributed by atoms with van der Waals surface area (Å²) in [5.74, 6) is -0.00939. The highest BCUT2D eigenvalue weighted by Gasteiger charge is 2.15. The molecule has 0 unspecified atom stereocenters. The highest BCUT2D eigenvalue weighted by atomic mass is 79.9. The molecule has 1 amide bonds. The molecular formula is C15H23BrN2O2. The summed E-state index contributed by atoms with van der Waals surface area (Å²) < 4.78 is 0.983. The second kappa shape index (κ2) is 8.39. The third-order valence-corrected chi connectivity index (χ3v) is 3.48. The lowest BCUT2D eigenvalue weighted by atomic mass is 10.1. The second-order valence-corrected chi connectivity index (χ2v) is 6.03. The number of hydrogen-bond donors (Lipinski definition) is 2. The maximum Gasteiger partial charge on any atom is 0.234 e. The predicted octanol–water partition coefficient (Wildman–Crippen LogP) is 2.33. The molecule has 0 saturated heterocycles. The third kappa shape index (κ3) is 6.03. The van der Waals surface area contributed by atoms with Crippen LogP contribution in [0.1, 0.15) is 32.4 Å². The first-order chi connectivity index (χ1) is 9.42. The van der Waals surface area contributed by atoms with Crippen LogP contribution in [0.25, 0.3) is 0 Å². The van der Waals surface area contributed by atoms with E-state index >= 15 is 0 Å². The van der Waals surface area contributed by atoms with Gasteiger partial charge in [0.05, 0.1) is 12.6 Å². The van der Waals surface area contributed by atoms with Gasteiger partial charge in [-0.25, -0.2) is 0 Å². The SMILES string of the molecule is CCN(CC(=O)NC(C)C)C[C@H](O)c1ccc(Br)cc1. The van der Waals surface area contributed by atoms with Crippen LogP contribution in [0.3, 0.4) is 0 Å². The van der Waals surface area contributed by atoms with Gasteiger partial charge < -0.3 is 10.4 Å². The molecule has 1 rings (SSSR count). The molecule has 0 saturated carbocycles. The number of nitrogens with zero attached hydrogens (tertiary/aromatic N) is 1. The number of likely N-dealkylation sites (N-methyl/N-ethyl adjacent to an activating group) is 1. The van der Waals surface area contributed by atoms with Crippen LogP contribution >= 0.6 is 15.9 Å². The minimum absolute atomic E-state index is 0.00939. The van der Waals surface area contributed by atoms with E-state index in [-0.39, 0.29) is 11.9 Å². The first-order valence-electron chi connectivity index (χ1n) is 6.87. The van der Waals surface area contributed by atoms with E-state index in [4.69, 9.17) is 0 Å². The number of carbonyl (C=O) groups is 1. The lowest BCUT2D eigenvalue weighted by molar-refractivity contribution is -0.123. The number of benzene rings is 1. The number of halogens is 1. The lowest BCUT2D eigenvalue weighted by Gasteiger charge is -2.23. The third-order valence-electron chi connectivity index (χ3n) is 2.95. The van der Waals surface area contributed by atoms with Crippen LogP contribution in [0.15, 0.2) is 28.7 Å². The molecule has 1 aromatic rings. The van der Waals surface area contributed by atoms with Gasteiger partial charge in [0.15, 0.2) is 0 Å². The summed E-state index contributed by atoms with van der Waals surface area (Å²) >= 11 is 3.37. The average Bonchev–Trinajstić information content (AvgIpc) is 2.37. The number of nitrogens with one attached hydrogen (secondary N) is 1. The molecule has 0 bridgehead atoms. The molecule has 0 heterocycles. The van der Waals surface area contributed by atoms with Crippen LogP contribution < -0.4 is 5.32 Å². The number of aliphatic hydroxyl groups excluding tert-OH is 1. The quantitative estimate of drug-likeness (QED) is 0.799. The van der Waals surface area contributed by atoms with Crippen molar-refractivity contribution in [3.05, 3.63) is 34.3 Å². The standard InChI is InChI=1S/C15H23BrN2O2/c1-4-18(10-15(20)17-11(2)3)9-14(19)12-5-7-13(16)8-6-12/h5-8,11,14,19H,4,9-10H2,1-3H3,(H,17,20)/t14-/m0/s1. The molecule has 0 aliphatic carbocycles. The highest BCUT2D eigenvalue weighted by molar-refractivity contribution is 9.10. The molecule has 0 spiro atoms. The summed E-state index contributed by atoms with van der Waals surface area (Å²) in [4.78, 5) is 13.7. The van der Waals surface area contributed by atoms with Gasteiger partial charge in [0.25, 0.3) is 0 Å². The Kier molecular flexibility index (Phi) is 7.19. The molecule has 4 nitrogen and oxygen atoms in total. The summed E-state index contributed by atoms with van der Waals surface area (Å²) in [5, 5.41) is 13.1. The Morgan fingerprint density at radius 2 is 1.95 bits per heavy atom. The first kappa shape index (κ1) is 17.1. The Bertz CT molecular complexity index is 420. The normalized spacial score (nSPS) is 12.8. The zero-order valence-corrected chi connectivity index (χ0v) is 13.9. The Hall–Kier alpha value is -0.910. The molecule has 0 radical (unpaired) electrons. The fourth-order valence-electron chi connectivity index (χ4n) is 1.91. The van der Waals surface area contributed by atoms with Crippen LogP contribution in [0, 0.1) is 0 Å². The van der Waals surface area contributed by atoms with E-state index in [9.17, 15) is 9.90 Å². The highest BCUT2D eigenvalue weighted by Crippen LogP contribution is 2.17. The molecule has 5 heteroatoms. The van der Waals surface area contributed by atoms with Gasteiger partial charge in [0.2, 0.25) is 5.91 Å². The molecule has 1 atom stereocenters. The van der Waals surface area contributed by atoms with Crippen molar-refractivity contribution < 1.29 is 9.90 Å². The average molecular weight is 343 g/mol. The van der Waals surface area contributed by atoms with Crippen LogP contribution in [0.2, 0.25) is 0 Å². The maximum absolute atomic E-state index is 11.7. The van der Waals surface area contributed by atoms with Gasteiger partial charge in [-0.15, -0.1) is 0 Å². The summed E-state index contributed by atoms with van der Waals surface area (Å²) in [6.45, 7) is 7.33. The van der Waals surface area contributed by atoms with E-state index in [2.05, 4.69) is 21.2 Å². The van der Waals surface area contributed by atoms with Crippen molar-refractivity contribution in [1.29, 1.82) is 0 Å². The predicted molar refractivity (Wildman–Crippen MR) is 84.5 cm³/mol. The minimum atomic E-state index is -0.588. The molecule has 2 N–H and O–H groups in total. The van der Waals surface area contributed by atoms with Crippen LogP contribution in [-0.2, 0) is 4.79 Å². The molecule has 0 aliphatic rings. The fraction of sp³-hybridized carbons (Fsp3) is 0.533. The first-order valence-corrected chi connectivity index (χ1v) is 7.67. The second-order valence-electron chi connectivity index (χ2n) is 5.12. The van der Waals surface area contributed by atoms with Gasteiger partial charge in [0, 0.05) is 17.1 Å². The number of hydrogen-bond acceptors (Lipinski definition) is 3. The molecule has 0 aromatic heterocycles. The molecular weight excluding hydrogens is 320 g/mol. The van der Waals surface area contributed by atoms with Crippen LogP contribution in [0.5, 0.6) is 0 Å². The summed E-state index contributed by atoms with van der Waals surface area (Å²) in [6.07, 6.45) is -0.588. The number of rotatable bonds is 7. The zero-order chi connectivity index (χ0) is 15.1. The minimum Gasteiger partial charge on any atom is -0.387 e. The topological polar surface area (TPSA) is 52.6 Å². The monoisotopic (exact) mass is 342 g/mol. The molecule has 0 aliphatic heterocycles.